The number of Topliss-reactive ketones (excluding diaryl/α,β-unsaturated/α-hetero) is 1. The van der Waals surface area contributed by atoms with Crippen LogP contribution in [0.25, 0.3) is 22.2 Å². The average Bonchev–Trinajstić information content (AvgIpc) is 3.29. The lowest BCUT2D eigenvalue weighted by Gasteiger charge is -2.36. The quantitative estimate of drug-likeness (QED) is 0.289. The molecule has 38 heavy (non-hydrogen) atoms. The molecule has 4 rings (SSSR count). The van der Waals surface area contributed by atoms with Crippen molar-refractivity contribution in [3.05, 3.63) is 60.2 Å². The molecule has 0 saturated carbocycles. The molecule has 1 aromatic heterocycles. The Labute approximate surface area is 225 Å². The van der Waals surface area contributed by atoms with E-state index in [1.54, 1.807) is 6.92 Å². The first-order valence-electron chi connectivity index (χ1n) is 13.9. The SMILES string of the molecule is CC(=O)CCCCC[C@@H](C(=O)NCCc1c(-c2ccccc2)[nH]c2ccccc12)N1CCCC(C(N)=O)C1. The molecule has 7 heteroatoms. The number of piperidine rings is 1. The van der Waals surface area contributed by atoms with Gasteiger partial charge in [-0.2, -0.15) is 0 Å². The summed E-state index contributed by atoms with van der Waals surface area (Å²) in [5, 5.41) is 4.37. The normalized spacial score (nSPS) is 16.8. The van der Waals surface area contributed by atoms with Gasteiger partial charge in [0.2, 0.25) is 11.8 Å². The number of hydrogen-bond donors (Lipinski definition) is 3. The Morgan fingerprint density at radius 3 is 2.58 bits per heavy atom. The second kappa shape index (κ2) is 13.4. The maximum Gasteiger partial charge on any atom is 0.237 e. The molecule has 202 valence electrons. The highest BCUT2D eigenvalue weighted by Gasteiger charge is 2.32. The first-order valence-corrected chi connectivity index (χ1v) is 13.9. The van der Waals surface area contributed by atoms with E-state index < -0.39 is 0 Å². The first kappa shape index (κ1) is 27.6. The van der Waals surface area contributed by atoms with Crippen LogP contribution in [0.4, 0.5) is 0 Å². The number of rotatable bonds is 13. The first-order chi connectivity index (χ1) is 18.4. The van der Waals surface area contributed by atoms with Gasteiger partial charge in [-0.1, -0.05) is 61.4 Å². The lowest BCUT2D eigenvalue weighted by molar-refractivity contribution is -0.130. The fourth-order valence-corrected chi connectivity index (χ4v) is 5.63. The topological polar surface area (TPSA) is 108 Å². The summed E-state index contributed by atoms with van der Waals surface area (Å²) in [6, 6.07) is 18.2. The minimum absolute atomic E-state index is 0.00258. The van der Waals surface area contributed by atoms with Crippen molar-refractivity contribution in [1.29, 1.82) is 0 Å². The van der Waals surface area contributed by atoms with Crippen LogP contribution in [0.2, 0.25) is 0 Å². The zero-order valence-corrected chi connectivity index (χ0v) is 22.4. The maximum atomic E-state index is 13.5. The van der Waals surface area contributed by atoms with Gasteiger partial charge in [-0.3, -0.25) is 14.5 Å². The minimum atomic E-state index is -0.300. The summed E-state index contributed by atoms with van der Waals surface area (Å²) >= 11 is 0. The second-order valence-corrected chi connectivity index (χ2v) is 10.5. The van der Waals surface area contributed by atoms with Crippen LogP contribution < -0.4 is 11.1 Å². The van der Waals surface area contributed by atoms with Crippen LogP contribution in [0.15, 0.2) is 54.6 Å². The van der Waals surface area contributed by atoms with Crippen molar-refractivity contribution in [3.8, 4) is 11.3 Å². The molecule has 3 aromatic rings. The van der Waals surface area contributed by atoms with Gasteiger partial charge in [0.15, 0.2) is 0 Å². The number of fused-ring (bicyclic) bond motifs is 1. The van der Waals surface area contributed by atoms with Gasteiger partial charge in [-0.15, -0.1) is 0 Å². The number of benzene rings is 2. The summed E-state index contributed by atoms with van der Waals surface area (Å²) in [4.78, 5) is 42.4. The summed E-state index contributed by atoms with van der Waals surface area (Å²) in [5.74, 6) is -0.297. The molecule has 0 bridgehead atoms. The van der Waals surface area contributed by atoms with Gasteiger partial charge in [0.05, 0.1) is 12.0 Å². The van der Waals surface area contributed by atoms with E-state index in [9.17, 15) is 14.4 Å². The Bertz CT molecular complexity index is 1240. The molecule has 4 N–H and O–H groups in total. The maximum absolute atomic E-state index is 13.5. The largest absolute Gasteiger partial charge is 0.369 e. The number of carbonyl (C=O) groups excluding carboxylic acids is 3. The van der Waals surface area contributed by atoms with Gasteiger partial charge in [-0.25, -0.2) is 0 Å². The molecule has 2 aromatic carbocycles. The number of aromatic nitrogens is 1. The molecular formula is C31H40N4O3. The second-order valence-electron chi connectivity index (χ2n) is 10.5. The Balaban J connectivity index is 1.44. The number of aromatic amines is 1. The molecule has 0 spiro atoms. The van der Waals surface area contributed by atoms with E-state index in [0.717, 1.165) is 55.4 Å². The standard InChI is InChI=1S/C31H40N4O3/c1-22(36)11-4-2-7-17-28(35-20-10-14-24(21-35)30(32)37)31(38)33-19-18-26-25-15-8-9-16-27(25)34-29(26)23-12-5-3-6-13-23/h3,5-6,8-9,12-13,15-16,24,28,34H,2,4,7,10-11,14,17-21H2,1H3,(H2,32,37)(H,33,38)/t24?,28-/m0/s1. The van der Waals surface area contributed by atoms with Gasteiger partial charge < -0.3 is 20.8 Å². The molecule has 0 aliphatic carbocycles. The van der Waals surface area contributed by atoms with Crippen LogP contribution >= 0.6 is 0 Å². The number of primary amides is 1. The summed E-state index contributed by atoms with van der Waals surface area (Å²) in [5.41, 5.74) is 10.1. The highest BCUT2D eigenvalue weighted by Crippen LogP contribution is 2.30. The van der Waals surface area contributed by atoms with E-state index in [4.69, 9.17) is 5.73 Å². The van der Waals surface area contributed by atoms with Gasteiger partial charge in [0.25, 0.3) is 0 Å². The van der Waals surface area contributed by atoms with Crippen LogP contribution in [0.5, 0.6) is 0 Å². The predicted octanol–water partition coefficient (Wildman–Crippen LogP) is 4.60. The Hall–Kier alpha value is -3.45. The molecule has 1 fully saturated rings. The Kier molecular flexibility index (Phi) is 9.71. The molecule has 1 aliphatic rings. The number of para-hydroxylation sites is 1. The van der Waals surface area contributed by atoms with Crippen LogP contribution in [0, 0.1) is 5.92 Å². The van der Waals surface area contributed by atoms with Gasteiger partial charge >= 0.3 is 0 Å². The lowest BCUT2D eigenvalue weighted by atomic mass is 9.94. The van der Waals surface area contributed by atoms with Crippen LogP contribution in [0.1, 0.15) is 57.4 Å². The lowest BCUT2D eigenvalue weighted by Crippen LogP contribution is -2.52. The zero-order valence-electron chi connectivity index (χ0n) is 22.4. The number of nitrogens with zero attached hydrogens (tertiary/aromatic N) is 1. The van der Waals surface area contributed by atoms with Crippen molar-refractivity contribution in [2.75, 3.05) is 19.6 Å². The molecule has 7 nitrogen and oxygen atoms in total. The number of ketones is 1. The summed E-state index contributed by atoms with van der Waals surface area (Å²) in [6.07, 6.45) is 6.25. The Morgan fingerprint density at radius 2 is 1.82 bits per heavy atom. The number of unbranched alkanes of at least 4 members (excludes halogenated alkanes) is 2. The van der Waals surface area contributed by atoms with Gasteiger partial charge in [0, 0.05) is 36.1 Å². The molecule has 0 radical (unpaired) electrons. The van der Waals surface area contributed by atoms with Crippen molar-refractivity contribution in [2.45, 2.75) is 64.3 Å². The fourth-order valence-electron chi connectivity index (χ4n) is 5.63. The number of amides is 2. The van der Waals surface area contributed by atoms with E-state index in [1.165, 1.54) is 10.9 Å². The molecule has 1 saturated heterocycles. The number of nitrogens with one attached hydrogen (secondary N) is 2. The van der Waals surface area contributed by atoms with Gasteiger partial charge in [0.1, 0.15) is 5.78 Å². The monoisotopic (exact) mass is 516 g/mol. The number of nitrogens with two attached hydrogens (primary N) is 1. The van der Waals surface area contributed by atoms with Crippen molar-refractivity contribution >= 4 is 28.5 Å². The van der Waals surface area contributed by atoms with Crippen molar-refractivity contribution in [2.24, 2.45) is 11.7 Å². The third-order valence-electron chi connectivity index (χ3n) is 7.66. The van der Waals surface area contributed by atoms with Crippen molar-refractivity contribution in [3.63, 3.8) is 0 Å². The number of likely N-dealkylation sites (tertiary alicyclic amines) is 1. The molecule has 2 atom stereocenters. The number of carbonyl (C=O) groups is 3. The van der Waals surface area contributed by atoms with E-state index in [2.05, 4.69) is 39.5 Å². The predicted molar refractivity (Wildman–Crippen MR) is 151 cm³/mol. The third kappa shape index (κ3) is 7.10. The minimum Gasteiger partial charge on any atom is -0.369 e. The summed E-state index contributed by atoms with van der Waals surface area (Å²) in [6.45, 7) is 3.46. The summed E-state index contributed by atoms with van der Waals surface area (Å²) in [7, 11) is 0. The van der Waals surface area contributed by atoms with Gasteiger partial charge in [-0.05, 0) is 62.8 Å². The fraction of sp³-hybridized carbons (Fsp3) is 0.452. The van der Waals surface area contributed by atoms with Crippen LogP contribution in [-0.2, 0) is 20.8 Å². The average molecular weight is 517 g/mol. The van der Waals surface area contributed by atoms with E-state index in [1.807, 2.05) is 30.3 Å². The molecule has 1 unspecified atom stereocenters. The van der Waals surface area contributed by atoms with E-state index in [0.29, 0.717) is 32.4 Å². The summed E-state index contributed by atoms with van der Waals surface area (Å²) < 4.78 is 0. The van der Waals surface area contributed by atoms with E-state index in [-0.39, 0.29) is 29.6 Å². The molecular weight excluding hydrogens is 476 g/mol. The van der Waals surface area contributed by atoms with Crippen LogP contribution in [0.3, 0.4) is 0 Å². The van der Waals surface area contributed by atoms with E-state index >= 15 is 0 Å². The number of H-pyrrole nitrogens is 1. The van der Waals surface area contributed by atoms with Crippen molar-refractivity contribution < 1.29 is 14.4 Å². The van der Waals surface area contributed by atoms with Crippen LogP contribution in [-0.4, -0.2) is 53.2 Å². The molecule has 1 aliphatic heterocycles. The van der Waals surface area contributed by atoms with Crippen molar-refractivity contribution in [1.82, 2.24) is 15.2 Å². The zero-order chi connectivity index (χ0) is 26.9. The smallest absolute Gasteiger partial charge is 0.237 e. The number of hydrogen-bond acceptors (Lipinski definition) is 4. The molecule has 2 amide bonds. The Morgan fingerprint density at radius 1 is 1.05 bits per heavy atom. The molecule has 2 heterocycles. The highest BCUT2D eigenvalue weighted by molar-refractivity contribution is 5.91. The third-order valence-corrected chi connectivity index (χ3v) is 7.66. The highest BCUT2D eigenvalue weighted by atomic mass is 16.2.